The maximum absolute atomic E-state index is 9.14. The van der Waals surface area contributed by atoms with Gasteiger partial charge in [0.1, 0.15) is 11.8 Å². The summed E-state index contributed by atoms with van der Waals surface area (Å²) < 4.78 is 5.19. The normalized spacial score (nSPS) is 9.70. The molecular weight excluding hydrogens is 250 g/mol. The van der Waals surface area contributed by atoms with Crippen LogP contribution in [-0.2, 0) is 0 Å². The van der Waals surface area contributed by atoms with Crippen LogP contribution in [0.2, 0.25) is 0 Å². The van der Waals surface area contributed by atoms with Crippen molar-refractivity contribution in [1.82, 2.24) is 0 Å². The topological polar surface area (TPSA) is 48.3 Å². The Morgan fingerprint density at radius 3 is 2.35 bits per heavy atom. The minimum atomic E-state index is 0.586. The van der Waals surface area contributed by atoms with Crippen LogP contribution in [0.15, 0.2) is 42.5 Å². The minimum Gasteiger partial charge on any atom is -0.497 e. The molecule has 2 aromatic rings. The first-order chi connectivity index (χ1) is 9.63. The van der Waals surface area contributed by atoms with E-state index in [1.165, 1.54) is 0 Å². The van der Waals surface area contributed by atoms with Crippen LogP contribution in [0.5, 0.6) is 5.75 Å². The van der Waals surface area contributed by atoms with Gasteiger partial charge in [0.25, 0.3) is 0 Å². The molecule has 0 radical (unpaired) electrons. The van der Waals surface area contributed by atoms with Crippen LogP contribution >= 0.6 is 0 Å². The second kappa shape index (κ2) is 5.98. The number of ether oxygens (including phenoxy) is 1. The molecule has 102 valence electrons. The van der Waals surface area contributed by atoms with Crippen molar-refractivity contribution in [3.63, 3.8) is 0 Å². The van der Waals surface area contributed by atoms with Crippen LogP contribution in [0.3, 0.4) is 0 Å². The van der Waals surface area contributed by atoms with E-state index in [4.69, 9.17) is 10.00 Å². The van der Waals surface area contributed by atoms with Gasteiger partial charge >= 0.3 is 0 Å². The number of benzene rings is 2. The molecule has 0 saturated heterocycles. The van der Waals surface area contributed by atoms with Crippen LogP contribution < -0.4 is 15.0 Å². The van der Waals surface area contributed by atoms with E-state index in [0.717, 1.165) is 22.8 Å². The van der Waals surface area contributed by atoms with Gasteiger partial charge < -0.3 is 15.0 Å². The second-order valence-corrected chi connectivity index (χ2v) is 4.59. The van der Waals surface area contributed by atoms with Crippen molar-refractivity contribution >= 4 is 17.1 Å². The molecule has 4 heteroatoms. The van der Waals surface area contributed by atoms with Gasteiger partial charge in [0.2, 0.25) is 0 Å². The fourth-order valence-electron chi connectivity index (χ4n) is 1.85. The third-order valence-corrected chi connectivity index (χ3v) is 3.01. The molecule has 4 nitrogen and oxygen atoms in total. The highest BCUT2D eigenvalue weighted by Crippen LogP contribution is 2.26. The number of nitriles is 1. The quantitative estimate of drug-likeness (QED) is 0.922. The van der Waals surface area contributed by atoms with Crippen LogP contribution in [0.1, 0.15) is 5.56 Å². The fraction of sp³-hybridized carbons (Fsp3) is 0.188. The number of hydrogen-bond donors (Lipinski definition) is 1. The third-order valence-electron chi connectivity index (χ3n) is 3.01. The van der Waals surface area contributed by atoms with Gasteiger partial charge in [0, 0.05) is 31.5 Å². The van der Waals surface area contributed by atoms with E-state index in [1.54, 1.807) is 19.2 Å². The Kier molecular flexibility index (Phi) is 4.11. The van der Waals surface area contributed by atoms with Crippen molar-refractivity contribution in [1.29, 1.82) is 5.26 Å². The first-order valence-corrected chi connectivity index (χ1v) is 6.26. The van der Waals surface area contributed by atoms with Crippen LogP contribution in [-0.4, -0.2) is 21.2 Å². The van der Waals surface area contributed by atoms with Gasteiger partial charge in [0.05, 0.1) is 18.4 Å². The van der Waals surface area contributed by atoms with Gasteiger partial charge in [0.15, 0.2) is 0 Å². The summed E-state index contributed by atoms with van der Waals surface area (Å²) in [5.41, 5.74) is 3.38. The molecule has 0 aliphatic carbocycles. The summed E-state index contributed by atoms with van der Waals surface area (Å²) in [4.78, 5) is 2.04. The van der Waals surface area contributed by atoms with E-state index < -0.39 is 0 Å². The van der Waals surface area contributed by atoms with Gasteiger partial charge in [-0.15, -0.1) is 0 Å². The van der Waals surface area contributed by atoms with Crippen LogP contribution in [0.25, 0.3) is 0 Å². The van der Waals surface area contributed by atoms with E-state index >= 15 is 0 Å². The van der Waals surface area contributed by atoms with Crippen molar-refractivity contribution in [3.05, 3.63) is 48.0 Å². The van der Waals surface area contributed by atoms with Crippen LogP contribution in [0.4, 0.5) is 17.1 Å². The van der Waals surface area contributed by atoms with E-state index in [9.17, 15) is 0 Å². The van der Waals surface area contributed by atoms with Crippen molar-refractivity contribution < 1.29 is 4.74 Å². The van der Waals surface area contributed by atoms with Crippen molar-refractivity contribution in [3.8, 4) is 11.8 Å². The molecule has 2 aromatic carbocycles. The Labute approximate surface area is 119 Å². The van der Waals surface area contributed by atoms with E-state index in [-0.39, 0.29) is 0 Å². The standard InChI is InChI=1S/C16H17N3O/c1-19(2)14-7-5-13(6-8-14)18-16-10-15(20-3)9-4-12(16)11-17/h4-10,18H,1-3H3. The summed E-state index contributed by atoms with van der Waals surface area (Å²) >= 11 is 0. The highest BCUT2D eigenvalue weighted by Gasteiger charge is 2.05. The molecule has 0 saturated carbocycles. The number of hydrogen-bond acceptors (Lipinski definition) is 4. The first kappa shape index (κ1) is 13.8. The Hall–Kier alpha value is -2.67. The Balaban J connectivity index is 2.27. The molecule has 0 spiro atoms. The molecule has 0 fully saturated rings. The number of rotatable bonds is 4. The summed E-state index contributed by atoms with van der Waals surface area (Å²) in [7, 11) is 5.60. The zero-order chi connectivity index (χ0) is 14.5. The van der Waals surface area contributed by atoms with Crippen LogP contribution in [0, 0.1) is 11.3 Å². The minimum absolute atomic E-state index is 0.586. The van der Waals surface area contributed by atoms with E-state index in [2.05, 4.69) is 11.4 Å². The van der Waals surface area contributed by atoms with Gasteiger partial charge in [-0.25, -0.2) is 0 Å². The molecule has 0 aromatic heterocycles. The molecule has 0 aliphatic rings. The zero-order valence-electron chi connectivity index (χ0n) is 11.8. The average molecular weight is 267 g/mol. The first-order valence-electron chi connectivity index (χ1n) is 6.26. The van der Waals surface area contributed by atoms with Crippen molar-refractivity contribution in [2.75, 3.05) is 31.4 Å². The van der Waals surface area contributed by atoms with E-state index in [0.29, 0.717) is 5.56 Å². The van der Waals surface area contributed by atoms with Crippen molar-refractivity contribution in [2.45, 2.75) is 0 Å². The molecule has 0 aliphatic heterocycles. The lowest BCUT2D eigenvalue weighted by atomic mass is 10.1. The summed E-state index contributed by atoms with van der Waals surface area (Å²) in [6.45, 7) is 0. The largest absolute Gasteiger partial charge is 0.497 e. The van der Waals surface area contributed by atoms with Crippen molar-refractivity contribution in [2.24, 2.45) is 0 Å². The Morgan fingerprint density at radius 2 is 1.80 bits per heavy atom. The summed E-state index contributed by atoms with van der Waals surface area (Å²) in [6.07, 6.45) is 0. The number of nitrogens with zero attached hydrogens (tertiary/aromatic N) is 2. The fourth-order valence-corrected chi connectivity index (χ4v) is 1.85. The maximum Gasteiger partial charge on any atom is 0.121 e. The molecule has 0 heterocycles. The molecule has 0 unspecified atom stereocenters. The number of anilines is 3. The molecule has 0 amide bonds. The van der Waals surface area contributed by atoms with Gasteiger partial charge in [-0.1, -0.05) is 0 Å². The lowest BCUT2D eigenvalue weighted by molar-refractivity contribution is 0.415. The molecule has 20 heavy (non-hydrogen) atoms. The summed E-state index contributed by atoms with van der Waals surface area (Å²) in [5, 5.41) is 12.4. The third kappa shape index (κ3) is 3.01. The van der Waals surface area contributed by atoms with Gasteiger partial charge in [-0.3, -0.25) is 0 Å². The molecular formula is C16H17N3O. The highest BCUT2D eigenvalue weighted by molar-refractivity contribution is 5.69. The SMILES string of the molecule is COc1ccc(C#N)c(Nc2ccc(N(C)C)cc2)c1. The molecule has 1 N–H and O–H groups in total. The molecule has 0 bridgehead atoms. The maximum atomic E-state index is 9.14. The van der Waals surface area contributed by atoms with Gasteiger partial charge in [-0.2, -0.15) is 5.26 Å². The predicted octanol–water partition coefficient (Wildman–Crippen LogP) is 3.38. The number of methoxy groups -OCH3 is 1. The average Bonchev–Trinajstić information content (AvgIpc) is 2.47. The Bertz CT molecular complexity index is 627. The summed E-state index contributed by atoms with van der Waals surface area (Å²) in [5.74, 6) is 0.719. The second-order valence-electron chi connectivity index (χ2n) is 4.59. The van der Waals surface area contributed by atoms with E-state index in [1.807, 2.05) is 49.3 Å². The molecule has 2 rings (SSSR count). The number of nitrogens with one attached hydrogen (secondary N) is 1. The van der Waals surface area contributed by atoms with Gasteiger partial charge in [-0.05, 0) is 36.4 Å². The lowest BCUT2D eigenvalue weighted by Crippen LogP contribution is -2.08. The highest BCUT2D eigenvalue weighted by atomic mass is 16.5. The molecule has 0 atom stereocenters. The summed E-state index contributed by atoms with van der Waals surface area (Å²) in [6, 6.07) is 15.5. The lowest BCUT2D eigenvalue weighted by Gasteiger charge is -2.14. The smallest absolute Gasteiger partial charge is 0.121 e. The Morgan fingerprint density at radius 1 is 1.10 bits per heavy atom. The monoisotopic (exact) mass is 267 g/mol. The zero-order valence-corrected chi connectivity index (χ0v) is 11.8. The predicted molar refractivity (Wildman–Crippen MR) is 81.8 cm³/mol.